The Morgan fingerprint density at radius 1 is 1.29 bits per heavy atom. The zero-order valence-corrected chi connectivity index (χ0v) is 11.7. The Bertz CT molecular complexity index is 719. The molecule has 0 radical (unpaired) electrons. The summed E-state index contributed by atoms with van der Waals surface area (Å²) in [6.45, 7) is 0. The molecule has 0 unspecified atom stereocenters. The van der Waals surface area contributed by atoms with Crippen molar-refractivity contribution in [2.75, 3.05) is 0 Å². The Balaban J connectivity index is 1.71. The van der Waals surface area contributed by atoms with Crippen molar-refractivity contribution in [2.45, 2.75) is 0 Å². The monoisotopic (exact) mass is 297 g/mol. The first kappa shape index (κ1) is 13.4. The Kier molecular flexibility index (Phi) is 3.97. The molecule has 0 aromatic carbocycles. The van der Waals surface area contributed by atoms with Gasteiger partial charge in [0.15, 0.2) is 11.0 Å². The Morgan fingerprint density at radius 2 is 2.24 bits per heavy atom. The molecule has 1 saturated heterocycles. The van der Waals surface area contributed by atoms with Crippen LogP contribution in [0.15, 0.2) is 69.3 Å². The largest absolute Gasteiger partial charge is 0.465 e. The van der Waals surface area contributed by atoms with Crippen molar-refractivity contribution in [3.63, 3.8) is 0 Å². The number of allylic oxidation sites excluding steroid dienone is 2. The van der Waals surface area contributed by atoms with E-state index in [2.05, 4.69) is 15.3 Å². The van der Waals surface area contributed by atoms with Crippen molar-refractivity contribution >= 4 is 34.7 Å². The van der Waals surface area contributed by atoms with E-state index in [0.29, 0.717) is 15.9 Å². The third kappa shape index (κ3) is 3.49. The number of carbonyl (C=O) groups is 1. The molecule has 2 aromatic heterocycles. The summed E-state index contributed by atoms with van der Waals surface area (Å²) < 4.78 is 5.17. The van der Waals surface area contributed by atoms with Gasteiger partial charge in [0.05, 0.1) is 11.2 Å². The second-order valence-corrected chi connectivity index (χ2v) is 5.10. The molecule has 3 heterocycles. The fraction of sp³-hybridized carbons (Fsp3) is 0. The lowest BCUT2D eigenvalue weighted by molar-refractivity contribution is -0.115. The molecular formula is C15H11N3O2S. The third-order valence-corrected chi connectivity index (χ3v) is 3.50. The smallest absolute Gasteiger partial charge is 0.264 e. The highest BCUT2D eigenvalue weighted by Gasteiger charge is 2.23. The number of pyridine rings is 1. The number of nitrogens with one attached hydrogen (secondary N) is 1. The standard InChI is InChI=1S/C15H11N3O2S/c19-14-12(7-3-5-11-6-4-10-20-11)21-15(18-14)17-13-8-1-2-9-16-13/h1-10H,(H,16,17,18,19)/b5-3+,12-7+. The summed E-state index contributed by atoms with van der Waals surface area (Å²) in [7, 11) is 0. The normalized spacial score (nSPS) is 18.8. The van der Waals surface area contributed by atoms with Gasteiger partial charge in [-0.15, -0.1) is 0 Å². The lowest BCUT2D eigenvalue weighted by Gasteiger charge is -1.93. The predicted molar refractivity (Wildman–Crippen MR) is 82.9 cm³/mol. The Labute approximate surface area is 125 Å². The molecule has 0 spiro atoms. The Hall–Kier alpha value is -2.60. The van der Waals surface area contributed by atoms with Crippen molar-refractivity contribution in [1.82, 2.24) is 10.3 Å². The fourth-order valence-corrected chi connectivity index (χ4v) is 2.42. The molecule has 0 atom stereocenters. The molecule has 21 heavy (non-hydrogen) atoms. The number of thioether (sulfide) groups is 1. The number of amides is 1. The summed E-state index contributed by atoms with van der Waals surface area (Å²) in [5.41, 5.74) is 0. The molecule has 104 valence electrons. The topological polar surface area (TPSA) is 67.5 Å². The second kappa shape index (κ2) is 6.23. The minimum atomic E-state index is -0.168. The van der Waals surface area contributed by atoms with E-state index in [-0.39, 0.29) is 5.91 Å². The SMILES string of the molecule is O=C1N/C(=N/c2ccccn2)S/C1=C/C=C/c1ccco1. The second-order valence-electron chi connectivity index (χ2n) is 4.07. The van der Waals surface area contributed by atoms with Crippen molar-refractivity contribution in [3.05, 3.63) is 65.6 Å². The van der Waals surface area contributed by atoms with E-state index in [4.69, 9.17) is 4.42 Å². The van der Waals surface area contributed by atoms with Gasteiger partial charge in [0.2, 0.25) is 0 Å². The van der Waals surface area contributed by atoms with E-state index in [0.717, 1.165) is 5.76 Å². The van der Waals surface area contributed by atoms with Crippen LogP contribution in [0.25, 0.3) is 6.08 Å². The number of furan rings is 1. The molecule has 0 aliphatic carbocycles. The first-order chi connectivity index (χ1) is 10.3. The van der Waals surface area contributed by atoms with Crippen LogP contribution >= 0.6 is 11.8 Å². The van der Waals surface area contributed by atoms with Crippen LogP contribution in [0.1, 0.15) is 5.76 Å². The van der Waals surface area contributed by atoms with E-state index in [1.807, 2.05) is 24.3 Å². The van der Waals surface area contributed by atoms with Crippen molar-refractivity contribution in [2.24, 2.45) is 4.99 Å². The van der Waals surface area contributed by atoms with Gasteiger partial charge in [-0.3, -0.25) is 4.79 Å². The average Bonchev–Trinajstić information content (AvgIpc) is 3.11. The maximum atomic E-state index is 11.8. The van der Waals surface area contributed by atoms with Crippen LogP contribution in [0, 0.1) is 0 Å². The number of aliphatic imine (C=N–C) groups is 1. The summed E-state index contributed by atoms with van der Waals surface area (Å²) in [5, 5.41) is 3.23. The highest BCUT2D eigenvalue weighted by atomic mass is 32.2. The first-order valence-corrected chi connectivity index (χ1v) is 7.04. The van der Waals surface area contributed by atoms with E-state index < -0.39 is 0 Å². The van der Waals surface area contributed by atoms with Crippen molar-refractivity contribution in [3.8, 4) is 0 Å². The molecule has 3 rings (SSSR count). The molecule has 0 bridgehead atoms. The van der Waals surface area contributed by atoms with Gasteiger partial charge in [-0.05, 0) is 48.2 Å². The first-order valence-electron chi connectivity index (χ1n) is 6.22. The van der Waals surface area contributed by atoms with Crippen LogP contribution in [0.4, 0.5) is 5.82 Å². The van der Waals surface area contributed by atoms with Gasteiger partial charge in [0, 0.05) is 6.20 Å². The summed E-state index contributed by atoms with van der Waals surface area (Å²) in [5.74, 6) is 1.13. The van der Waals surface area contributed by atoms with Crippen molar-refractivity contribution < 1.29 is 9.21 Å². The maximum absolute atomic E-state index is 11.8. The number of amidine groups is 1. The highest BCUT2D eigenvalue weighted by Crippen LogP contribution is 2.25. The van der Waals surface area contributed by atoms with Crippen LogP contribution in [0.3, 0.4) is 0 Å². The van der Waals surface area contributed by atoms with Gasteiger partial charge < -0.3 is 9.73 Å². The molecule has 1 aliphatic rings. The zero-order valence-electron chi connectivity index (χ0n) is 10.9. The van der Waals surface area contributed by atoms with Gasteiger partial charge in [-0.25, -0.2) is 9.98 Å². The summed E-state index contributed by atoms with van der Waals surface area (Å²) in [4.78, 5) is 20.7. The van der Waals surface area contributed by atoms with Gasteiger partial charge in [0.25, 0.3) is 5.91 Å². The quantitative estimate of drug-likeness (QED) is 0.884. The van der Waals surface area contributed by atoms with Crippen molar-refractivity contribution in [1.29, 1.82) is 0 Å². The number of hydrogen-bond donors (Lipinski definition) is 1. The molecule has 1 aliphatic heterocycles. The number of carbonyl (C=O) groups excluding carboxylic acids is 1. The Morgan fingerprint density at radius 3 is 3.00 bits per heavy atom. The van der Waals surface area contributed by atoms with Gasteiger partial charge >= 0.3 is 0 Å². The van der Waals surface area contributed by atoms with Gasteiger partial charge in [-0.1, -0.05) is 12.1 Å². The van der Waals surface area contributed by atoms with Crippen LogP contribution in [-0.4, -0.2) is 16.1 Å². The van der Waals surface area contributed by atoms with Gasteiger partial charge in [-0.2, -0.15) is 0 Å². The van der Waals surface area contributed by atoms with E-state index >= 15 is 0 Å². The number of nitrogens with zero attached hydrogens (tertiary/aromatic N) is 2. The van der Waals surface area contributed by atoms with Gasteiger partial charge in [0.1, 0.15) is 5.76 Å². The maximum Gasteiger partial charge on any atom is 0.264 e. The molecular weight excluding hydrogens is 286 g/mol. The predicted octanol–water partition coefficient (Wildman–Crippen LogP) is 3.12. The molecule has 2 aromatic rings. The fourth-order valence-electron chi connectivity index (χ4n) is 1.64. The van der Waals surface area contributed by atoms with Crippen LogP contribution in [0.5, 0.6) is 0 Å². The summed E-state index contributed by atoms with van der Waals surface area (Å²) in [6, 6.07) is 9.08. The third-order valence-electron chi connectivity index (χ3n) is 2.57. The van der Waals surface area contributed by atoms with E-state index in [1.165, 1.54) is 11.8 Å². The highest BCUT2D eigenvalue weighted by molar-refractivity contribution is 8.18. The van der Waals surface area contributed by atoms with Crippen LogP contribution in [-0.2, 0) is 4.79 Å². The summed E-state index contributed by atoms with van der Waals surface area (Å²) in [6.07, 6.45) is 8.54. The zero-order chi connectivity index (χ0) is 14.5. The van der Waals surface area contributed by atoms with Crippen LogP contribution in [0.2, 0.25) is 0 Å². The summed E-state index contributed by atoms with van der Waals surface area (Å²) >= 11 is 1.28. The number of rotatable bonds is 3. The lowest BCUT2D eigenvalue weighted by atomic mass is 10.3. The van der Waals surface area contributed by atoms with Crippen LogP contribution < -0.4 is 5.32 Å². The molecule has 5 nitrogen and oxygen atoms in total. The lowest BCUT2D eigenvalue weighted by Crippen LogP contribution is -2.19. The van der Waals surface area contributed by atoms with E-state index in [1.54, 1.807) is 36.8 Å². The van der Waals surface area contributed by atoms with E-state index in [9.17, 15) is 4.79 Å². The molecule has 6 heteroatoms. The number of aromatic nitrogens is 1. The minimum Gasteiger partial charge on any atom is -0.465 e. The molecule has 1 amide bonds. The number of hydrogen-bond acceptors (Lipinski definition) is 5. The average molecular weight is 297 g/mol. The molecule has 1 N–H and O–H groups in total. The minimum absolute atomic E-state index is 0.168. The molecule has 0 saturated carbocycles. The molecule has 1 fully saturated rings.